The molecule has 0 saturated heterocycles. The number of oxime groups is 1. The van der Waals surface area contributed by atoms with E-state index in [0.29, 0.717) is 22.2 Å². The third-order valence-corrected chi connectivity index (χ3v) is 6.18. The lowest BCUT2D eigenvalue weighted by atomic mass is 10.1. The van der Waals surface area contributed by atoms with Gasteiger partial charge < -0.3 is 26.1 Å². The Morgan fingerprint density at radius 1 is 1.05 bits per heavy atom. The summed E-state index contributed by atoms with van der Waals surface area (Å²) in [5.74, 6) is -2.51. The average Bonchev–Trinajstić information content (AvgIpc) is 2.81. The number of hydrogen-bond acceptors (Lipinski definition) is 6. The molecule has 0 aliphatic rings. The Hall–Kier alpha value is -3.29. The van der Waals surface area contributed by atoms with Gasteiger partial charge in [-0.2, -0.15) is 26.3 Å². The van der Waals surface area contributed by atoms with Gasteiger partial charge >= 0.3 is 12.4 Å². The molecule has 37 heavy (non-hydrogen) atoms. The summed E-state index contributed by atoms with van der Waals surface area (Å²) in [6.07, 6.45) is -9.79. The number of benzene rings is 2. The molecule has 0 bridgehead atoms. The fourth-order valence-corrected chi connectivity index (χ4v) is 4.19. The van der Waals surface area contributed by atoms with Crippen LogP contribution in [0.2, 0.25) is 0 Å². The highest BCUT2D eigenvalue weighted by Crippen LogP contribution is 2.35. The second-order valence-corrected chi connectivity index (χ2v) is 8.73. The van der Waals surface area contributed by atoms with Crippen molar-refractivity contribution in [3.05, 3.63) is 69.5 Å². The Morgan fingerprint density at radius 2 is 1.68 bits per heavy atom. The molecule has 0 aliphatic carbocycles. The molecule has 1 atom stereocenters. The number of thioether (sulfide) groups is 1. The second-order valence-electron chi connectivity index (χ2n) is 7.71. The molecule has 0 fully saturated rings. The molecular weight excluding hydrogens is 531 g/mol. The summed E-state index contributed by atoms with van der Waals surface area (Å²) in [6, 6.07) is 6.08. The summed E-state index contributed by atoms with van der Waals surface area (Å²) in [5.41, 5.74) is 11.1. The Kier molecular flexibility index (Phi) is 9.95. The minimum absolute atomic E-state index is 0.215. The van der Waals surface area contributed by atoms with Crippen LogP contribution in [0, 0.1) is 5.82 Å². The van der Waals surface area contributed by atoms with E-state index in [1.54, 1.807) is 13.8 Å². The van der Waals surface area contributed by atoms with Gasteiger partial charge in [0, 0.05) is 22.4 Å². The van der Waals surface area contributed by atoms with Crippen molar-refractivity contribution in [3.63, 3.8) is 0 Å². The predicted molar refractivity (Wildman–Crippen MR) is 125 cm³/mol. The number of alkyl halides is 6. The zero-order valence-corrected chi connectivity index (χ0v) is 20.4. The molecule has 5 N–H and O–H groups in total. The minimum atomic E-state index is -4.72. The Morgan fingerprint density at radius 3 is 2.16 bits per heavy atom. The van der Waals surface area contributed by atoms with Gasteiger partial charge in [0.05, 0.1) is 11.1 Å². The standard InChI is InChI=1S/C23H24F7N3O3S/c1-3-17(20(12(2)31)37-10-13-4-6-14(7-5-13)23(28,29)30)36-19-9-18(35-11-22(25,26)27)15(8-16(19)24)21(32)33-34/h4-9,17,34H,3,10-11,31H2,1-2H3,(H2,32,33)/b20-12-. The number of ether oxygens (including phenoxy) is 2. The van der Waals surface area contributed by atoms with E-state index in [0.717, 1.165) is 30.0 Å². The number of amidine groups is 1. The van der Waals surface area contributed by atoms with Crippen LogP contribution in [0.3, 0.4) is 0 Å². The molecule has 0 radical (unpaired) electrons. The first-order chi connectivity index (χ1) is 17.2. The summed E-state index contributed by atoms with van der Waals surface area (Å²) < 4.78 is 102. The summed E-state index contributed by atoms with van der Waals surface area (Å²) >= 11 is 1.16. The maximum atomic E-state index is 14.8. The number of nitrogens with zero attached hydrogens (tertiary/aromatic N) is 1. The van der Waals surface area contributed by atoms with Crippen molar-refractivity contribution in [3.8, 4) is 11.5 Å². The van der Waals surface area contributed by atoms with Crippen molar-refractivity contribution in [2.45, 2.75) is 44.5 Å². The lowest BCUT2D eigenvalue weighted by molar-refractivity contribution is -0.153. The SMILES string of the molecule is CCC(Oc1cc(OCC(F)(F)F)c(/C(N)=N/O)cc1F)/C(SCc1ccc(C(F)(F)F)cc1)=C(\C)N. The van der Waals surface area contributed by atoms with Gasteiger partial charge in [0.15, 0.2) is 24.0 Å². The van der Waals surface area contributed by atoms with E-state index in [4.69, 9.17) is 26.1 Å². The highest BCUT2D eigenvalue weighted by molar-refractivity contribution is 8.02. The predicted octanol–water partition coefficient (Wildman–Crippen LogP) is 6.16. The largest absolute Gasteiger partial charge is 0.483 e. The Bertz CT molecular complexity index is 1130. The van der Waals surface area contributed by atoms with Gasteiger partial charge in [-0.15, -0.1) is 11.8 Å². The fourth-order valence-electron chi connectivity index (χ4n) is 3.05. The van der Waals surface area contributed by atoms with Gasteiger partial charge in [0.25, 0.3) is 0 Å². The maximum absolute atomic E-state index is 14.8. The van der Waals surface area contributed by atoms with Crippen molar-refractivity contribution < 1.29 is 45.4 Å². The number of nitrogens with two attached hydrogens (primary N) is 2. The molecule has 204 valence electrons. The van der Waals surface area contributed by atoms with Crippen LogP contribution in [0.4, 0.5) is 30.7 Å². The van der Waals surface area contributed by atoms with E-state index < -0.39 is 59.3 Å². The van der Waals surface area contributed by atoms with E-state index >= 15 is 0 Å². The molecule has 1 unspecified atom stereocenters. The summed E-state index contributed by atoms with van der Waals surface area (Å²) in [7, 11) is 0. The van der Waals surface area contributed by atoms with Crippen LogP contribution in [0.1, 0.15) is 37.0 Å². The molecule has 2 aromatic carbocycles. The molecule has 0 aromatic heterocycles. The van der Waals surface area contributed by atoms with Crippen LogP contribution in [-0.4, -0.2) is 29.9 Å². The average molecular weight is 556 g/mol. The first kappa shape index (κ1) is 29.9. The van der Waals surface area contributed by atoms with E-state index in [1.807, 2.05) is 0 Å². The van der Waals surface area contributed by atoms with Gasteiger partial charge in [-0.3, -0.25) is 0 Å². The highest BCUT2D eigenvalue weighted by atomic mass is 32.2. The van der Waals surface area contributed by atoms with Crippen LogP contribution in [-0.2, 0) is 11.9 Å². The maximum Gasteiger partial charge on any atom is 0.422 e. The third-order valence-electron chi connectivity index (χ3n) is 4.81. The molecule has 2 aromatic rings. The monoisotopic (exact) mass is 555 g/mol. The van der Waals surface area contributed by atoms with E-state index in [9.17, 15) is 30.7 Å². The van der Waals surface area contributed by atoms with Crippen LogP contribution in [0.15, 0.2) is 52.2 Å². The fraction of sp³-hybridized carbons (Fsp3) is 0.348. The van der Waals surface area contributed by atoms with Crippen molar-refractivity contribution in [2.24, 2.45) is 16.6 Å². The van der Waals surface area contributed by atoms with Gasteiger partial charge in [-0.25, -0.2) is 4.39 Å². The van der Waals surface area contributed by atoms with Crippen molar-refractivity contribution in [1.29, 1.82) is 0 Å². The first-order valence-electron chi connectivity index (χ1n) is 10.6. The summed E-state index contributed by atoms with van der Waals surface area (Å²) in [5, 5.41) is 11.6. The first-order valence-corrected chi connectivity index (χ1v) is 11.6. The second kappa shape index (κ2) is 12.3. The molecular formula is C23H24F7N3O3S. The van der Waals surface area contributed by atoms with Crippen molar-refractivity contribution >= 4 is 17.6 Å². The lowest BCUT2D eigenvalue weighted by Gasteiger charge is -2.23. The topological polar surface area (TPSA) is 103 Å². The summed E-state index contributed by atoms with van der Waals surface area (Å²) in [4.78, 5) is 0.445. The van der Waals surface area contributed by atoms with Crippen LogP contribution < -0.4 is 20.9 Å². The normalized spacial score (nSPS) is 14.2. The van der Waals surface area contributed by atoms with Crippen molar-refractivity contribution in [2.75, 3.05) is 6.61 Å². The molecule has 0 saturated carbocycles. The quantitative estimate of drug-likeness (QED) is 0.107. The number of hydrogen-bond donors (Lipinski definition) is 3. The van der Waals surface area contributed by atoms with E-state index in [1.165, 1.54) is 12.1 Å². The molecule has 2 rings (SSSR count). The smallest absolute Gasteiger partial charge is 0.422 e. The van der Waals surface area contributed by atoms with E-state index in [2.05, 4.69) is 5.16 Å². The minimum Gasteiger partial charge on any atom is -0.483 e. The number of halogens is 7. The zero-order valence-electron chi connectivity index (χ0n) is 19.6. The van der Waals surface area contributed by atoms with E-state index in [-0.39, 0.29) is 12.2 Å². The zero-order chi connectivity index (χ0) is 28.0. The molecule has 0 amide bonds. The molecule has 14 heteroatoms. The number of rotatable bonds is 10. The van der Waals surface area contributed by atoms with Crippen LogP contribution >= 0.6 is 11.8 Å². The van der Waals surface area contributed by atoms with Gasteiger partial charge in [-0.1, -0.05) is 24.2 Å². The lowest BCUT2D eigenvalue weighted by Crippen LogP contribution is -2.23. The highest BCUT2D eigenvalue weighted by Gasteiger charge is 2.31. The van der Waals surface area contributed by atoms with Gasteiger partial charge in [0.2, 0.25) is 0 Å². The number of allylic oxidation sites excluding steroid dienone is 1. The third kappa shape index (κ3) is 8.65. The van der Waals surface area contributed by atoms with Crippen molar-refractivity contribution in [1.82, 2.24) is 0 Å². The Labute approximate surface area is 212 Å². The summed E-state index contributed by atoms with van der Waals surface area (Å²) in [6.45, 7) is 1.52. The van der Waals surface area contributed by atoms with Crippen LogP contribution in [0.5, 0.6) is 11.5 Å². The molecule has 0 spiro atoms. The molecule has 0 heterocycles. The molecule has 0 aliphatic heterocycles. The van der Waals surface area contributed by atoms with Crippen LogP contribution in [0.25, 0.3) is 0 Å². The van der Waals surface area contributed by atoms with Gasteiger partial charge in [-0.05, 0) is 37.1 Å². The molecule has 6 nitrogen and oxygen atoms in total. The Balaban J connectivity index is 2.30. The van der Waals surface area contributed by atoms with Gasteiger partial charge in [0.1, 0.15) is 11.9 Å².